The van der Waals surface area contributed by atoms with E-state index in [2.05, 4.69) is 12.1 Å². The number of carbonyl (C=O) groups excluding carboxylic acids is 1. The van der Waals surface area contributed by atoms with Crippen molar-refractivity contribution in [2.75, 3.05) is 0 Å². The monoisotopic (exact) mass is 453 g/mol. The predicted molar refractivity (Wildman–Crippen MR) is 122 cm³/mol. The number of hydrogen-bond donors (Lipinski definition) is 0. The molecule has 4 nitrogen and oxygen atoms in total. The molecule has 0 bridgehead atoms. The maximum absolute atomic E-state index is 13.9. The number of fused-ring (bicyclic) bond motifs is 3. The van der Waals surface area contributed by atoms with Gasteiger partial charge in [-0.05, 0) is 47.0 Å². The molecule has 0 spiro atoms. The van der Waals surface area contributed by atoms with Crippen molar-refractivity contribution in [2.45, 2.75) is 18.0 Å². The van der Waals surface area contributed by atoms with Crippen LogP contribution in [0.2, 0.25) is 5.02 Å². The fourth-order valence-corrected chi connectivity index (χ4v) is 5.34. The second-order valence-electron chi connectivity index (χ2n) is 8.24. The molecule has 0 aromatic heterocycles. The highest BCUT2D eigenvalue weighted by atomic mass is 35.5. The van der Waals surface area contributed by atoms with Gasteiger partial charge in [0, 0.05) is 22.7 Å². The summed E-state index contributed by atoms with van der Waals surface area (Å²) in [5.74, 6) is -1.51. The first kappa shape index (κ1) is 20.9. The van der Waals surface area contributed by atoms with Crippen molar-refractivity contribution in [1.29, 1.82) is 10.5 Å². The van der Waals surface area contributed by atoms with Crippen LogP contribution in [0.25, 0.3) is 6.08 Å². The average Bonchev–Trinajstić information content (AvgIpc) is 3.15. The second-order valence-corrected chi connectivity index (χ2v) is 8.67. The lowest BCUT2D eigenvalue weighted by atomic mass is 9.67. The Labute approximate surface area is 195 Å². The number of halogens is 2. The molecular weight excluding hydrogens is 437 g/mol. The topological polar surface area (TPSA) is 67.9 Å². The van der Waals surface area contributed by atoms with Gasteiger partial charge in [-0.3, -0.25) is 4.79 Å². The summed E-state index contributed by atoms with van der Waals surface area (Å²) in [4.78, 5) is 15.7. The van der Waals surface area contributed by atoms with Gasteiger partial charge in [0.15, 0.2) is 11.2 Å². The van der Waals surface area contributed by atoms with Crippen molar-refractivity contribution in [2.24, 2.45) is 5.41 Å². The van der Waals surface area contributed by atoms with Crippen LogP contribution in [0.1, 0.15) is 39.0 Å². The van der Waals surface area contributed by atoms with Crippen molar-refractivity contribution >= 4 is 23.5 Å². The van der Waals surface area contributed by atoms with Gasteiger partial charge >= 0.3 is 0 Å². The molecule has 0 N–H and O–H groups in total. The molecule has 2 aliphatic heterocycles. The number of benzene rings is 3. The molecule has 3 aromatic carbocycles. The van der Waals surface area contributed by atoms with Crippen molar-refractivity contribution in [3.8, 4) is 12.1 Å². The van der Waals surface area contributed by atoms with Gasteiger partial charge < -0.3 is 4.90 Å². The molecule has 0 saturated carbocycles. The number of Topliss-reactive ketones (excluding diaryl/α,β-unsaturated/α-hetero) is 1. The Morgan fingerprint density at radius 2 is 1.73 bits per heavy atom. The molecule has 2 heterocycles. The zero-order valence-corrected chi connectivity index (χ0v) is 18.1. The minimum absolute atomic E-state index is 0.256. The molecule has 33 heavy (non-hydrogen) atoms. The van der Waals surface area contributed by atoms with Gasteiger partial charge in [-0.25, -0.2) is 4.39 Å². The third kappa shape index (κ3) is 3.13. The van der Waals surface area contributed by atoms with Gasteiger partial charge in [-0.2, -0.15) is 10.5 Å². The Morgan fingerprint density at radius 3 is 2.42 bits per heavy atom. The normalized spacial score (nSPS) is 22.1. The summed E-state index contributed by atoms with van der Waals surface area (Å²) < 4.78 is 13.8. The van der Waals surface area contributed by atoms with E-state index >= 15 is 0 Å². The standard InChI is InChI=1S/C27H17ClFN3O/c28-20-6-3-5-19(14-20)25(33)24-23(18-8-10-21(29)11-9-18)27(15-30,16-31)26-22-7-2-1-4-17(22)12-13-32(24)26/h1-14,23-24,26H. The zero-order chi connectivity index (χ0) is 23.2. The van der Waals surface area contributed by atoms with Crippen LogP contribution in [-0.2, 0) is 0 Å². The number of hydrogen-bond acceptors (Lipinski definition) is 4. The van der Waals surface area contributed by atoms with E-state index in [0.29, 0.717) is 16.1 Å². The SMILES string of the molecule is N#CC1(C#N)C(c2ccc(F)cc2)C(C(=O)c2cccc(Cl)c2)N2C=Cc3ccccc3C21. The molecule has 1 fully saturated rings. The maximum Gasteiger partial charge on any atom is 0.185 e. The van der Waals surface area contributed by atoms with E-state index in [-0.39, 0.29) is 5.78 Å². The van der Waals surface area contributed by atoms with Crippen LogP contribution < -0.4 is 0 Å². The Kier molecular flexibility index (Phi) is 5.01. The molecule has 3 atom stereocenters. The summed E-state index contributed by atoms with van der Waals surface area (Å²) in [7, 11) is 0. The third-order valence-electron chi connectivity index (χ3n) is 6.55. The first-order valence-corrected chi connectivity index (χ1v) is 10.8. The summed E-state index contributed by atoms with van der Waals surface area (Å²) in [6.45, 7) is 0. The van der Waals surface area contributed by atoms with Crippen LogP contribution in [0, 0.1) is 33.9 Å². The van der Waals surface area contributed by atoms with Gasteiger partial charge in [0.2, 0.25) is 0 Å². The van der Waals surface area contributed by atoms with Crippen molar-refractivity contribution in [1.82, 2.24) is 4.90 Å². The molecule has 6 heteroatoms. The summed E-state index contributed by atoms with van der Waals surface area (Å²) in [6.07, 6.45) is 3.67. The van der Waals surface area contributed by atoms with E-state index in [9.17, 15) is 19.7 Å². The minimum Gasteiger partial charge on any atom is -0.357 e. The van der Waals surface area contributed by atoms with Gasteiger partial charge in [0.1, 0.15) is 11.9 Å². The summed E-state index contributed by atoms with van der Waals surface area (Å²) in [5.41, 5.74) is 1.05. The number of nitriles is 2. The molecule has 0 radical (unpaired) electrons. The number of rotatable bonds is 3. The van der Waals surface area contributed by atoms with E-state index < -0.39 is 29.2 Å². The van der Waals surface area contributed by atoms with E-state index in [4.69, 9.17) is 11.6 Å². The van der Waals surface area contributed by atoms with Crippen LogP contribution in [0.4, 0.5) is 4.39 Å². The lowest BCUT2D eigenvalue weighted by Gasteiger charge is -2.34. The minimum atomic E-state index is -1.59. The highest BCUT2D eigenvalue weighted by Gasteiger charge is 2.63. The Morgan fingerprint density at radius 1 is 1.00 bits per heavy atom. The van der Waals surface area contributed by atoms with E-state index in [0.717, 1.165) is 11.1 Å². The lowest BCUT2D eigenvalue weighted by Crippen LogP contribution is -2.37. The predicted octanol–water partition coefficient (Wildman–Crippen LogP) is 5.89. The molecule has 0 amide bonds. The van der Waals surface area contributed by atoms with Gasteiger partial charge in [-0.15, -0.1) is 0 Å². The van der Waals surface area contributed by atoms with E-state index in [1.54, 1.807) is 42.6 Å². The van der Waals surface area contributed by atoms with E-state index in [1.165, 1.54) is 12.1 Å². The van der Waals surface area contributed by atoms with Crippen molar-refractivity contribution < 1.29 is 9.18 Å². The molecule has 3 unspecified atom stereocenters. The highest BCUT2D eigenvalue weighted by molar-refractivity contribution is 6.31. The van der Waals surface area contributed by atoms with Gasteiger partial charge in [-0.1, -0.05) is 60.1 Å². The summed E-state index contributed by atoms with van der Waals surface area (Å²) in [6, 6.07) is 22.9. The van der Waals surface area contributed by atoms with Crippen LogP contribution >= 0.6 is 11.6 Å². The van der Waals surface area contributed by atoms with Crippen LogP contribution in [0.15, 0.2) is 79.0 Å². The second kappa shape index (κ2) is 7.89. The molecule has 3 aromatic rings. The summed E-state index contributed by atoms with van der Waals surface area (Å²) >= 11 is 6.16. The lowest BCUT2D eigenvalue weighted by molar-refractivity contribution is 0.0874. The fourth-order valence-electron chi connectivity index (χ4n) is 5.15. The van der Waals surface area contributed by atoms with Crippen molar-refractivity contribution in [3.05, 3.63) is 112 Å². The van der Waals surface area contributed by atoms with Crippen LogP contribution in [0.3, 0.4) is 0 Å². The third-order valence-corrected chi connectivity index (χ3v) is 6.79. The fraction of sp³-hybridized carbons (Fsp3) is 0.148. The number of carbonyl (C=O) groups is 1. The Balaban J connectivity index is 1.77. The molecule has 160 valence electrons. The largest absolute Gasteiger partial charge is 0.357 e. The molecule has 0 aliphatic carbocycles. The zero-order valence-electron chi connectivity index (χ0n) is 17.3. The average molecular weight is 454 g/mol. The molecule has 1 saturated heterocycles. The smallest absolute Gasteiger partial charge is 0.185 e. The molecule has 2 aliphatic rings. The van der Waals surface area contributed by atoms with Gasteiger partial charge in [0.05, 0.1) is 18.2 Å². The Hall–Kier alpha value is -3.93. The number of nitrogens with zero attached hydrogens (tertiary/aromatic N) is 3. The number of ketones is 1. The van der Waals surface area contributed by atoms with E-state index in [1.807, 2.05) is 35.2 Å². The van der Waals surface area contributed by atoms with Crippen molar-refractivity contribution in [3.63, 3.8) is 0 Å². The molecular formula is C27H17ClFN3O. The highest BCUT2D eigenvalue weighted by Crippen LogP contribution is 2.60. The first-order chi connectivity index (χ1) is 16.0. The maximum atomic E-state index is 13.9. The summed E-state index contributed by atoms with van der Waals surface area (Å²) in [5, 5.41) is 21.3. The van der Waals surface area contributed by atoms with Crippen LogP contribution in [0.5, 0.6) is 0 Å². The van der Waals surface area contributed by atoms with Crippen LogP contribution in [-0.4, -0.2) is 16.7 Å². The first-order valence-electron chi connectivity index (χ1n) is 10.4. The Bertz CT molecular complexity index is 1360. The molecule has 5 rings (SSSR count). The van der Waals surface area contributed by atoms with Gasteiger partial charge in [0.25, 0.3) is 0 Å². The quantitative estimate of drug-likeness (QED) is 0.464.